The predicted octanol–water partition coefficient (Wildman–Crippen LogP) is -0.392. The largest absolute Gasteiger partial charge is 0.481 e. The molecule has 0 aromatic heterocycles. The van der Waals surface area contributed by atoms with Crippen LogP contribution in [0.3, 0.4) is 0 Å². The normalized spacial score (nSPS) is 8.90. The highest BCUT2D eigenvalue weighted by Gasteiger charge is 2.07. The average molecular weight is 148 g/mol. The van der Waals surface area contributed by atoms with E-state index in [9.17, 15) is 9.59 Å². The summed E-state index contributed by atoms with van der Waals surface area (Å²) < 4.78 is 8.62. The molecule has 5 heteroatoms. The third-order valence-electron chi connectivity index (χ3n) is 0.633. The van der Waals surface area contributed by atoms with Crippen molar-refractivity contribution < 1.29 is 24.2 Å². The highest BCUT2D eigenvalue weighted by Crippen LogP contribution is 1.85. The van der Waals surface area contributed by atoms with E-state index in [1.165, 1.54) is 7.11 Å². The van der Waals surface area contributed by atoms with Crippen molar-refractivity contribution in [2.45, 2.75) is 6.42 Å². The van der Waals surface area contributed by atoms with Crippen LogP contribution in [0.2, 0.25) is 0 Å². The molecule has 5 nitrogen and oxygen atoms in total. The fourth-order valence-electron chi connectivity index (χ4n) is 0.299. The average Bonchev–Trinajstić information content (AvgIpc) is 1.82. The number of hydrogen-bond acceptors (Lipinski definition) is 4. The van der Waals surface area contributed by atoms with Crippen molar-refractivity contribution in [2.75, 3.05) is 13.9 Å². The van der Waals surface area contributed by atoms with Crippen molar-refractivity contribution in [1.29, 1.82) is 0 Å². The summed E-state index contributed by atoms with van der Waals surface area (Å²) in [6.45, 7) is -0.202. The molecule has 0 aliphatic carbocycles. The number of rotatable bonds is 4. The van der Waals surface area contributed by atoms with Crippen molar-refractivity contribution in [3.63, 3.8) is 0 Å². The minimum absolute atomic E-state index is 0.202. The van der Waals surface area contributed by atoms with Gasteiger partial charge in [-0.3, -0.25) is 9.59 Å². The van der Waals surface area contributed by atoms with Crippen LogP contribution in [0, 0.1) is 0 Å². The topological polar surface area (TPSA) is 72.8 Å². The van der Waals surface area contributed by atoms with Crippen LogP contribution in [-0.2, 0) is 19.1 Å². The maximum atomic E-state index is 10.3. The Hall–Kier alpha value is -1.10. The second-order valence-electron chi connectivity index (χ2n) is 1.49. The van der Waals surface area contributed by atoms with E-state index in [4.69, 9.17) is 5.11 Å². The van der Waals surface area contributed by atoms with Gasteiger partial charge in [0.05, 0.1) is 0 Å². The Bertz CT molecular complexity index is 130. The molecule has 0 aliphatic heterocycles. The minimum atomic E-state index is -1.21. The molecule has 0 saturated heterocycles. The maximum absolute atomic E-state index is 10.3. The Labute approximate surface area is 57.5 Å². The summed E-state index contributed by atoms with van der Waals surface area (Å²) in [7, 11) is 1.34. The van der Waals surface area contributed by atoms with E-state index in [1.54, 1.807) is 0 Å². The van der Waals surface area contributed by atoms with Crippen LogP contribution < -0.4 is 0 Å². The summed E-state index contributed by atoms with van der Waals surface area (Å²) in [4.78, 5) is 20.2. The third kappa shape index (κ3) is 5.04. The van der Waals surface area contributed by atoms with Gasteiger partial charge in [-0.25, -0.2) is 0 Å². The number of carboxylic acids is 1. The zero-order valence-corrected chi connectivity index (χ0v) is 5.49. The van der Waals surface area contributed by atoms with Crippen LogP contribution in [0.4, 0.5) is 0 Å². The van der Waals surface area contributed by atoms with E-state index < -0.39 is 18.4 Å². The number of hydrogen-bond donors (Lipinski definition) is 1. The molecule has 0 fully saturated rings. The van der Waals surface area contributed by atoms with E-state index in [2.05, 4.69) is 9.47 Å². The van der Waals surface area contributed by atoms with Gasteiger partial charge >= 0.3 is 11.9 Å². The van der Waals surface area contributed by atoms with Crippen LogP contribution >= 0.6 is 0 Å². The Kier molecular flexibility index (Phi) is 4.23. The zero-order valence-electron chi connectivity index (χ0n) is 5.49. The number of esters is 1. The second-order valence-corrected chi connectivity index (χ2v) is 1.49. The molecular weight excluding hydrogens is 140 g/mol. The monoisotopic (exact) mass is 148 g/mol. The van der Waals surface area contributed by atoms with Gasteiger partial charge in [-0.1, -0.05) is 0 Å². The van der Waals surface area contributed by atoms with Crippen LogP contribution in [-0.4, -0.2) is 30.9 Å². The molecule has 0 amide bonds. The quantitative estimate of drug-likeness (QED) is 0.334. The van der Waals surface area contributed by atoms with Gasteiger partial charge in [-0.2, -0.15) is 0 Å². The lowest BCUT2D eigenvalue weighted by atomic mass is 10.4. The number of carbonyl (C=O) groups excluding carboxylic acids is 1. The Morgan fingerprint density at radius 1 is 1.50 bits per heavy atom. The van der Waals surface area contributed by atoms with E-state index in [0.29, 0.717) is 0 Å². The maximum Gasteiger partial charge on any atom is 0.319 e. The molecule has 0 unspecified atom stereocenters. The highest BCUT2D eigenvalue weighted by atomic mass is 16.7. The summed E-state index contributed by atoms with van der Waals surface area (Å²) in [6, 6.07) is 0. The van der Waals surface area contributed by atoms with Crippen LogP contribution in [0.15, 0.2) is 0 Å². The molecule has 0 saturated carbocycles. The zero-order chi connectivity index (χ0) is 7.98. The van der Waals surface area contributed by atoms with Crippen molar-refractivity contribution in [3.05, 3.63) is 0 Å². The second kappa shape index (κ2) is 4.75. The van der Waals surface area contributed by atoms with Gasteiger partial charge in [0.25, 0.3) is 0 Å². The lowest BCUT2D eigenvalue weighted by molar-refractivity contribution is -0.158. The Morgan fingerprint density at radius 2 is 2.10 bits per heavy atom. The van der Waals surface area contributed by atoms with Crippen molar-refractivity contribution in [3.8, 4) is 0 Å². The molecule has 0 atom stereocenters. The number of carbonyl (C=O) groups is 2. The molecular formula is C5H8O5. The van der Waals surface area contributed by atoms with E-state index >= 15 is 0 Å². The van der Waals surface area contributed by atoms with Crippen LogP contribution in [0.1, 0.15) is 6.42 Å². The molecule has 10 heavy (non-hydrogen) atoms. The fourth-order valence-corrected chi connectivity index (χ4v) is 0.299. The first kappa shape index (κ1) is 8.90. The van der Waals surface area contributed by atoms with Gasteiger partial charge in [-0.05, 0) is 0 Å². The van der Waals surface area contributed by atoms with Crippen molar-refractivity contribution in [2.24, 2.45) is 0 Å². The first-order valence-corrected chi connectivity index (χ1v) is 2.53. The summed E-state index contributed by atoms with van der Waals surface area (Å²) in [5.74, 6) is -2.00. The number of carboxylic acid groups (broad SMARTS) is 1. The molecule has 0 rings (SSSR count). The number of aliphatic carboxylic acids is 1. The predicted molar refractivity (Wildman–Crippen MR) is 30.2 cm³/mol. The van der Waals surface area contributed by atoms with Gasteiger partial charge in [0.15, 0.2) is 6.79 Å². The van der Waals surface area contributed by atoms with E-state index in [-0.39, 0.29) is 6.79 Å². The van der Waals surface area contributed by atoms with E-state index in [0.717, 1.165) is 0 Å². The van der Waals surface area contributed by atoms with Crippen molar-refractivity contribution >= 4 is 11.9 Å². The first-order valence-electron chi connectivity index (χ1n) is 2.53. The van der Waals surface area contributed by atoms with Crippen LogP contribution in [0.5, 0.6) is 0 Å². The molecule has 58 valence electrons. The van der Waals surface area contributed by atoms with Gasteiger partial charge in [0.1, 0.15) is 6.42 Å². The summed E-state index contributed by atoms with van der Waals surface area (Å²) in [5, 5.41) is 8.04. The lowest BCUT2D eigenvalue weighted by Crippen LogP contribution is -2.11. The smallest absolute Gasteiger partial charge is 0.319 e. The number of ether oxygens (including phenoxy) is 2. The summed E-state index contributed by atoms with van der Waals surface area (Å²) in [6.07, 6.45) is -0.622. The standard InChI is InChI=1S/C5H8O5/c1-9-3-10-5(8)2-4(6)7/h2-3H2,1H3,(H,6,7). The third-order valence-corrected chi connectivity index (χ3v) is 0.633. The van der Waals surface area contributed by atoms with Gasteiger partial charge in [0.2, 0.25) is 0 Å². The first-order chi connectivity index (χ1) is 4.66. The highest BCUT2D eigenvalue weighted by molar-refractivity contribution is 5.89. The molecule has 1 N–H and O–H groups in total. The fraction of sp³-hybridized carbons (Fsp3) is 0.600. The van der Waals surface area contributed by atoms with E-state index in [1.807, 2.05) is 0 Å². The summed E-state index contributed by atoms with van der Waals surface area (Å²) >= 11 is 0. The molecule has 0 heterocycles. The molecule has 0 aromatic rings. The van der Waals surface area contributed by atoms with Gasteiger partial charge < -0.3 is 14.6 Å². The molecule has 0 spiro atoms. The summed E-state index contributed by atoms with van der Waals surface area (Å²) in [5.41, 5.74) is 0. The Morgan fingerprint density at radius 3 is 2.50 bits per heavy atom. The van der Waals surface area contributed by atoms with Crippen molar-refractivity contribution in [1.82, 2.24) is 0 Å². The van der Waals surface area contributed by atoms with Gasteiger partial charge in [0, 0.05) is 7.11 Å². The van der Waals surface area contributed by atoms with Gasteiger partial charge in [-0.15, -0.1) is 0 Å². The molecule has 0 aliphatic rings. The molecule has 0 aromatic carbocycles. The SMILES string of the molecule is COCOC(=O)CC(=O)O. The number of methoxy groups -OCH3 is 1. The lowest BCUT2D eigenvalue weighted by Gasteiger charge is -1.98. The van der Waals surface area contributed by atoms with Crippen LogP contribution in [0.25, 0.3) is 0 Å². The molecule has 0 bridgehead atoms. The Balaban J connectivity index is 3.35. The molecule has 0 radical (unpaired) electrons. The minimum Gasteiger partial charge on any atom is -0.481 e.